The van der Waals surface area contributed by atoms with Crippen molar-refractivity contribution in [2.24, 2.45) is 56.4 Å². The predicted octanol–water partition coefficient (Wildman–Crippen LogP) is -2.91. The molecule has 50 heavy (non-hydrogen) atoms. The quantitative estimate of drug-likeness (QED) is 0.101. The molecule has 0 aliphatic carbocycles. The standard InChI is InChI=1S/3C9H13N4O2.CH4.3Ag.O/c3*1-10-5-11(2)7-6(10)8(14)13(4)9(15)12(7)3;;;;;/h3*5H,1-4H3;1H4;;;;/q2*-1;+1;;;;;. The minimum absolute atomic E-state index is 0. The van der Waals surface area contributed by atoms with Gasteiger partial charge in [-0.3, -0.25) is 37.2 Å². The van der Waals surface area contributed by atoms with E-state index in [1.54, 1.807) is 133 Å². The SMILES string of the molecule is C.CN1[CH-]N(C)c2c1c(=O)n(C)c(=O)n2C.CN1[CH-]N(C)c2c1c(=O)n(C)c(=O)n2C.Cn1c(=O)c2c(n(C)c1=O)[n+](C)cn2C.[Ag].[Ag].[O]=[Ag]. The maximum absolute atomic E-state index is 11.9. The molecule has 4 aromatic heterocycles. The zero-order valence-corrected chi connectivity index (χ0v) is 33.3. The number of rotatable bonds is 0. The Balaban J connectivity index is 0.000000682. The third kappa shape index (κ3) is 7.80. The number of hydrogen-bond donors (Lipinski definition) is 0. The Morgan fingerprint density at radius 1 is 0.520 bits per heavy atom. The van der Waals surface area contributed by atoms with E-state index in [2.05, 4.69) is 0 Å². The molecule has 0 bridgehead atoms. The molecule has 0 saturated heterocycles. The van der Waals surface area contributed by atoms with Gasteiger partial charge in [-0.05, 0) is 28.2 Å². The average molecular weight is 983 g/mol. The van der Waals surface area contributed by atoms with Gasteiger partial charge in [-0.2, -0.15) is 13.3 Å². The van der Waals surface area contributed by atoms with Crippen LogP contribution in [-0.4, -0.2) is 60.2 Å². The van der Waals surface area contributed by atoms with Crippen molar-refractivity contribution in [2.75, 3.05) is 47.8 Å². The Bertz CT molecular complexity index is 2150. The molecule has 0 atom stereocenters. The summed E-state index contributed by atoms with van der Waals surface area (Å²) in [5, 5.41) is 0. The third-order valence-corrected chi connectivity index (χ3v) is 7.93. The Kier molecular flexibility index (Phi) is 16.6. The van der Waals surface area contributed by atoms with Crippen molar-refractivity contribution in [3.05, 3.63) is 82.2 Å². The normalized spacial score (nSPS) is 12.3. The fourth-order valence-electron chi connectivity index (χ4n) is 5.70. The molecule has 4 aromatic rings. The van der Waals surface area contributed by atoms with Crippen molar-refractivity contribution in [3.63, 3.8) is 0 Å². The molecule has 6 rings (SSSR count). The summed E-state index contributed by atoms with van der Waals surface area (Å²) in [7, 11) is 20.2. The Morgan fingerprint density at radius 2 is 0.840 bits per heavy atom. The zero-order valence-electron chi connectivity index (χ0n) is 28.9. The molecule has 0 spiro atoms. The van der Waals surface area contributed by atoms with Gasteiger partial charge in [0.2, 0.25) is 5.52 Å². The number of aryl methyl sites for hydroxylation is 3. The van der Waals surface area contributed by atoms with Gasteiger partial charge in [-0.15, -0.1) is 0 Å². The van der Waals surface area contributed by atoms with Crippen LogP contribution >= 0.6 is 0 Å². The van der Waals surface area contributed by atoms with E-state index >= 15 is 0 Å². The van der Waals surface area contributed by atoms with E-state index in [0.29, 0.717) is 34.2 Å². The second-order valence-corrected chi connectivity index (χ2v) is 11.1. The van der Waals surface area contributed by atoms with Crippen LogP contribution in [0.25, 0.3) is 11.2 Å². The Labute approximate surface area is 331 Å². The number of hydrogen-bond acceptors (Lipinski definition) is 11. The summed E-state index contributed by atoms with van der Waals surface area (Å²) in [6.07, 6.45) is 1.77. The molecule has 0 saturated carbocycles. The van der Waals surface area contributed by atoms with Gasteiger partial charge in [0.1, 0.15) is 23.0 Å². The van der Waals surface area contributed by atoms with E-state index in [4.69, 9.17) is 3.25 Å². The second kappa shape index (κ2) is 17.8. The van der Waals surface area contributed by atoms with Crippen LogP contribution in [0.2, 0.25) is 0 Å². The van der Waals surface area contributed by atoms with E-state index in [0.717, 1.165) is 13.7 Å². The minimum atomic E-state index is -0.311. The Hall–Kier alpha value is -3.27. The summed E-state index contributed by atoms with van der Waals surface area (Å²) in [5.74, 6) is 1.26. The molecular formula is C28H43Ag3N12O7-. The molecule has 2 radical (unpaired) electrons. The topological polar surface area (TPSA) is 171 Å². The molecule has 22 heteroatoms. The van der Waals surface area contributed by atoms with E-state index in [-0.39, 0.29) is 85.9 Å². The fourth-order valence-corrected chi connectivity index (χ4v) is 5.70. The van der Waals surface area contributed by atoms with Crippen molar-refractivity contribution in [3.8, 4) is 0 Å². The molecular weight excluding hydrogens is 940 g/mol. The van der Waals surface area contributed by atoms with Gasteiger partial charge in [0.05, 0.1) is 21.1 Å². The van der Waals surface area contributed by atoms with Crippen LogP contribution in [-0.2, 0) is 125 Å². The van der Waals surface area contributed by atoms with Crippen LogP contribution in [0.4, 0.5) is 23.0 Å². The van der Waals surface area contributed by atoms with Gasteiger partial charge in [-0.25, -0.2) is 28.1 Å². The monoisotopic (exact) mass is 980 g/mol. The summed E-state index contributed by atoms with van der Waals surface area (Å²) in [5.41, 5.74) is 0.485. The van der Waals surface area contributed by atoms with Crippen molar-refractivity contribution in [1.29, 1.82) is 0 Å². The maximum atomic E-state index is 11.9. The second-order valence-electron chi connectivity index (χ2n) is 11.1. The average Bonchev–Trinajstić information content (AvgIpc) is 3.63. The first-order valence-electron chi connectivity index (χ1n) is 13.8. The summed E-state index contributed by atoms with van der Waals surface area (Å²) in [4.78, 5) is 77.5. The van der Waals surface area contributed by atoms with E-state index in [9.17, 15) is 28.8 Å². The summed E-state index contributed by atoms with van der Waals surface area (Å²) in [6, 6.07) is 0. The zero-order chi connectivity index (χ0) is 36.0. The van der Waals surface area contributed by atoms with E-state index < -0.39 is 0 Å². The van der Waals surface area contributed by atoms with Gasteiger partial charge >= 0.3 is 46.9 Å². The molecule has 2 aliphatic rings. The third-order valence-electron chi connectivity index (χ3n) is 7.93. The Morgan fingerprint density at radius 3 is 1.20 bits per heavy atom. The van der Waals surface area contributed by atoms with E-state index in [1.165, 1.54) is 34.8 Å². The first kappa shape index (κ1) is 46.7. The number of anilines is 4. The van der Waals surface area contributed by atoms with Gasteiger partial charge in [0.25, 0.3) is 16.8 Å². The molecule has 2 aliphatic heterocycles. The van der Waals surface area contributed by atoms with Crippen LogP contribution in [0.5, 0.6) is 0 Å². The molecule has 0 aromatic carbocycles. The van der Waals surface area contributed by atoms with Crippen molar-refractivity contribution < 1.29 is 73.6 Å². The van der Waals surface area contributed by atoms with Crippen LogP contribution < -0.4 is 57.9 Å². The van der Waals surface area contributed by atoms with Crippen molar-refractivity contribution in [2.45, 2.75) is 7.43 Å². The molecule has 0 N–H and O–H groups in total. The van der Waals surface area contributed by atoms with Gasteiger partial charge in [0, 0.05) is 80.0 Å². The number of fused-ring (bicyclic) bond motifs is 3. The van der Waals surface area contributed by atoms with Gasteiger partial charge < -0.3 is 19.6 Å². The fraction of sp³-hybridized carbons (Fsp3) is 0.464. The number of aromatic nitrogens is 8. The summed E-state index contributed by atoms with van der Waals surface area (Å²) < 4.78 is 19.3. The van der Waals surface area contributed by atoms with Gasteiger partial charge in [0.15, 0.2) is 6.33 Å². The molecule has 0 fully saturated rings. The molecule has 0 amide bonds. The molecule has 0 unspecified atom stereocenters. The molecule has 6 heterocycles. The van der Waals surface area contributed by atoms with Crippen LogP contribution in [0.15, 0.2) is 35.1 Å². The molecule has 291 valence electrons. The van der Waals surface area contributed by atoms with Crippen molar-refractivity contribution in [1.82, 2.24) is 32.0 Å². The summed E-state index contributed by atoms with van der Waals surface area (Å²) in [6.45, 7) is 3.54. The number of imidazole rings is 1. The van der Waals surface area contributed by atoms with Crippen LogP contribution in [0, 0.1) is 13.3 Å². The number of nitrogens with zero attached hydrogens (tertiary/aromatic N) is 12. The summed E-state index contributed by atoms with van der Waals surface area (Å²) >= 11 is 1.70. The first-order valence-corrected chi connectivity index (χ1v) is 14.4. The predicted molar refractivity (Wildman–Crippen MR) is 178 cm³/mol. The first-order chi connectivity index (χ1) is 21.8. The van der Waals surface area contributed by atoms with Crippen molar-refractivity contribution >= 4 is 34.2 Å². The van der Waals surface area contributed by atoms with E-state index in [1.807, 2.05) is 0 Å². The molecule has 19 nitrogen and oxygen atoms in total. The van der Waals surface area contributed by atoms with Crippen LogP contribution in [0.3, 0.4) is 0 Å². The van der Waals surface area contributed by atoms with Crippen LogP contribution in [0.1, 0.15) is 7.43 Å². The van der Waals surface area contributed by atoms with Gasteiger partial charge in [-0.1, -0.05) is 7.43 Å².